The van der Waals surface area contributed by atoms with E-state index in [1.54, 1.807) is 31.4 Å². The first-order chi connectivity index (χ1) is 12.0. The van der Waals surface area contributed by atoms with Crippen molar-refractivity contribution in [2.45, 2.75) is 13.3 Å². The molecule has 0 aromatic heterocycles. The van der Waals surface area contributed by atoms with Gasteiger partial charge in [-0.3, -0.25) is 19.3 Å². The smallest absolute Gasteiger partial charge is 0.294 e. The van der Waals surface area contributed by atoms with E-state index in [1.165, 1.54) is 7.11 Å². The number of hydrogen-bond donors (Lipinski definition) is 1. The third-order valence-electron chi connectivity index (χ3n) is 3.47. The van der Waals surface area contributed by atoms with Crippen LogP contribution in [0.15, 0.2) is 23.1 Å². The van der Waals surface area contributed by atoms with Crippen LogP contribution in [0.1, 0.15) is 18.9 Å². The predicted octanol–water partition coefficient (Wildman–Crippen LogP) is 2.27. The van der Waals surface area contributed by atoms with Gasteiger partial charge in [0.1, 0.15) is 18.0 Å². The highest BCUT2D eigenvalue weighted by Crippen LogP contribution is 2.34. The fourth-order valence-electron chi connectivity index (χ4n) is 2.18. The van der Waals surface area contributed by atoms with Crippen LogP contribution in [0.2, 0.25) is 0 Å². The van der Waals surface area contributed by atoms with Crippen molar-refractivity contribution in [3.05, 3.63) is 28.7 Å². The van der Waals surface area contributed by atoms with E-state index in [-0.39, 0.29) is 17.4 Å². The fourth-order valence-corrected chi connectivity index (χ4v) is 3.01. The minimum Gasteiger partial charge on any atom is -0.497 e. The van der Waals surface area contributed by atoms with Crippen molar-refractivity contribution in [1.29, 1.82) is 0 Å². The van der Waals surface area contributed by atoms with Gasteiger partial charge in [-0.2, -0.15) is 0 Å². The molecule has 1 aliphatic rings. The normalized spacial score (nSPS) is 15.6. The number of nitrogens with zero attached hydrogens (tertiary/aromatic N) is 1. The Balaban J connectivity index is 2.18. The third-order valence-corrected chi connectivity index (χ3v) is 4.38. The number of amides is 3. The lowest BCUT2D eigenvalue weighted by molar-refractivity contribution is -0.129. The highest BCUT2D eigenvalue weighted by atomic mass is 32.2. The number of thioether (sulfide) groups is 1. The molecule has 134 valence electrons. The maximum absolute atomic E-state index is 12.4. The Labute approximate surface area is 150 Å². The Kier molecular flexibility index (Phi) is 6.46. The van der Waals surface area contributed by atoms with Crippen LogP contribution in [0.3, 0.4) is 0 Å². The van der Waals surface area contributed by atoms with Crippen molar-refractivity contribution in [2.75, 3.05) is 27.3 Å². The molecule has 0 bridgehead atoms. The van der Waals surface area contributed by atoms with Crippen molar-refractivity contribution in [1.82, 2.24) is 10.2 Å². The van der Waals surface area contributed by atoms with Crippen molar-refractivity contribution >= 4 is 34.9 Å². The van der Waals surface area contributed by atoms with Gasteiger partial charge < -0.3 is 14.8 Å². The standard InChI is InChI=1S/C17H20N2O5S/c1-4-7-18-15(20)10-19-16(21)14(25-17(19)22)8-11-5-6-12(23-2)9-13(11)24-3/h5-6,8-9H,4,7,10H2,1-3H3,(H,18,20)/b14-8-. The molecule has 1 fully saturated rings. The number of benzene rings is 1. The second-order valence-corrected chi connectivity index (χ2v) is 6.22. The number of carbonyl (C=O) groups excluding carboxylic acids is 3. The largest absolute Gasteiger partial charge is 0.497 e. The van der Waals surface area contributed by atoms with E-state index >= 15 is 0 Å². The van der Waals surface area contributed by atoms with Gasteiger partial charge in [0.15, 0.2) is 0 Å². The third kappa shape index (κ3) is 4.54. The summed E-state index contributed by atoms with van der Waals surface area (Å²) in [6.45, 7) is 2.15. The lowest BCUT2D eigenvalue weighted by Gasteiger charge is -2.12. The van der Waals surface area contributed by atoms with Crippen molar-refractivity contribution in [2.24, 2.45) is 0 Å². The van der Waals surface area contributed by atoms with E-state index in [0.717, 1.165) is 23.1 Å². The van der Waals surface area contributed by atoms with Crippen LogP contribution in [0.4, 0.5) is 4.79 Å². The Morgan fingerprint density at radius 2 is 2.04 bits per heavy atom. The molecule has 3 amide bonds. The molecule has 25 heavy (non-hydrogen) atoms. The molecule has 1 aromatic rings. The first-order valence-corrected chi connectivity index (χ1v) is 8.55. The molecule has 8 heteroatoms. The molecule has 1 aliphatic heterocycles. The Hall–Kier alpha value is -2.48. The summed E-state index contributed by atoms with van der Waals surface area (Å²) in [5.41, 5.74) is 0.643. The summed E-state index contributed by atoms with van der Waals surface area (Å²) in [5.74, 6) is 0.300. The Bertz CT molecular complexity index is 717. The predicted molar refractivity (Wildman–Crippen MR) is 95.5 cm³/mol. The molecule has 1 heterocycles. The van der Waals surface area contributed by atoms with Gasteiger partial charge in [-0.1, -0.05) is 6.92 Å². The van der Waals surface area contributed by atoms with Gasteiger partial charge in [0.05, 0.1) is 19.1 Å². The first kappa shape index (κ1) is 18.9. The van der Waals surface area contributed by atoms with Gasteiger partial charge in [0, 0.05) is 18.2 Å². The molecular weight excluding hydrogens is 344 g/mol. The maximum Gasteiger partial charge on any atom is 0.294 e. The lowest BCUT2D eigenvalue weighted by Crippen LogP contribution is -2.39. The molecule has 7 nitrogen and oxygen atoms in total. The number of nitrogens with one attached hydrogen (secondary N) is 1. The summed E-state index contributed by atoms with van der Waals surface area (Å²) in [4.78, 5) is 37.4. The summed E-state index contributed by atoms with van der Waals surface area (Å²) in [5, 5.41) is 2.19. The molecule has 0 saturated carbocycles. The molecule has 0 unspecified atom stereocenters. The summed E-state index contributed by atoms with van der Waals surface area (Å²) in [7, 11) is 3.05. The van der Waals surface area contributed by atoms with E-state index in [4.69, 9.17) is 9.47 Å². The van der Waals surface area contributed by atoms with Crippen LogP contribution in [0, 0.1) is 0 Å². The highest BCUT2D eigenvalue weighted by molar-refractivity contribution is 8.18. The van der Waals surface area contributed by atoms with Gasteiger partial charge in [0.2, 0.25) is 5.91 Å². The van der Waals surface area contributed by atoms with Crippen LogP contribution >= 0.6 is 11.8 Å². The van der Waals surface area contributed by atoms with E-state index in [0.29, 0.717) is 23.6 Å². The van der Waals surface area contributed by atoms with Crippen LogP contribution in [-0.2, 0) is 9.59 Å². The molecular formula is C17H20N2O5S. The first-order valence-electron chi connectivity index (χ1n) is 7.74. The number of hydrogen-bond acceptors (Lipinski definition) is 6. The van der Waals surface area contributed by atoms with Crippen LogP contribution in [0.5, 0.6) is 11.5 Å². The van der Waals surface area contributed by atoms with Crippen molar-refractivity contribution in [3.8, 4) is 11.5 Å². The molecule has 1 aromatic carbocycles. The zero-order valence-electron chi connectivity index (χ0n) is 14.3. The van der Waals surface area contributed by atoms with E-state index in [2.05, 4.69) is 5.32 Å². The average molecular weight is 364 g/mol. The molecule has 0 aliphatic carbocycles. The fraction of sp³-hybridized carbons (Fsp3) is 0.353. The topological polar surface area (TPSA) is 84.9 Å². The molecule has 1 N–H and O–H groups in total. The lowest BCUT2D eigenvalue weighted by atomic mass is 10.1. The molecule has 1 saturated heterocycles. The van der Waals surface area contributed by atoms with E-state index < -0.39 is 11.1 Å². The number of ether oxygens (including phenoxy) is 2. The van der Waals surface area contributed by atoms with Gasteiger partial charge >= 0.3 is 0 Å². The molecule has 0 atom stereocenters. The van der Waals surface area contributed by atoms with Gasteiger partial charge in [0.25, 0.3) is 11.1 Å². The minimum absolute atomic E-state index is 0.247. The molecule has 0 radical (unpaired) electrons. The second kappa shape index (κ2) is 8.57. The minimum atomic E-state index is -0.487. The van der Waals surface area contributed by atoms with Crippen molar-refractivity contribution in [3.63, 3.8) is 0 Å². The zero-order chi connectivity index (χ0) is 18.4. The number of carbonyl (C=O) groups is 3. The summed E-state index contributed by atoms with van der Waals surface area (Å²) in [6.07, 6.45) is 2.36. The van der Waals surface area contributed by atoms with Crippen LogP contribution in [-0.4, -0.2) is 49.3 Å². The highest BCUT2D eigenvalue weighted by Gasteiger charge is 2.36. The van der Waals surface area contributed by atoms with E-state index in [1.807, 2.05) is 6.92 Å². The number of imide groups is 1. The maximum atomic E-state index is 12.4. The van der Waals surface area contributed by atoms with Crippen LogP contribution in [0.25, 0.3) is 6.08 Å². The average Bonchev–Trinajstić information content (AvgIpc) is 2.87. The van der Waals surface area contributed by atoms with Gasteiger partial charge in [-0.05, 0) is 36.4 Å². The number of rotatable bonds is 7. The Morgan fingerprint density at radius 1 is 1.28 bits per heavy atom. The summed E-state index contributed by atoms with van der Waals surface area (Å²) >= 11 is 0.803. The molecule has 0 spiro atoms. The summed E-state index contributed by atoms with van der Waals surface area (Å²) < 4.78 is 10.4. The zero-order valence-corrected chi connectivity index (χ0v) is 15.1. The van der Waals surface area contributed by atoms with Gasteiger partial charge in [-0.15, -0.1) is 0 Å². The SMILES string of the molecule is CCCNC(=O)CN1C(=O)S/C(=C\c2ccc(OC)cc2OC)C1=O. The second-order valence-electron chi connectivity index (χ2n) is 5.23. The quantitative estimate of drug-likeness (QED) is 0.747. The van der Waals surface area contributed by atoms with Crippen LogP contribution < -0.4 is 14.8 Å². The molecule has 2 rings (SSSR count). The number of methoxy groups -OCH3 is 2. The van der Waals surface area contributed by atoms with E-state index in [9.17, 15) is 14.4 Å². The monoisotopic (exact) mass is 364 g/mol. The van der Waals surface area contributed by atoms with Gasteiger partial charge in [-0.25, -0.2) is 0 Å². The van der Waals surface area contributed by atoms with Crippen molar-refractivity contribution < 1.29 is 23.9 Å². The Morgan fingerprint density at radius 3 is 2.68 bits per heavy atom. The summed E-state index contributed by atoms with van der Waals surface area (Å²) in [6, 6.07) is 5.16.